The van der Waals surface area contributed by atoms with Crippen molar-refractivity contribution in [3.63, 3.8) is 0 Å². The number of likely N-dealkylation sites (tertiary alicyclic amines) is 1. The molecule has 0 unspecified atom stereocenters. The van der Waals surface area contributed by atoms with Crippen LogP contribution in [0, 0.1) is 0 Å². The molecule has 112 valence electrons. The molecule has 0 radical (unpaired) electrons. The third-order valence-electron chi connectivity index (χ3n) is 3.81. The monoisotopic (exact) mass is 361 g/mol. The van der Waals surface area contributed by atoms with Crippen molar-refractivity contribution in [1.82, 2.24) is 9.21 Å². The Balaban J connectivity index is 2.27. The third-order valence-corrected chi connectivity index (χ3v) is 6.72. The van der Waals surface area contributed by atoms with Gasteiger partial charge < -0.3 is 10.6 Å². The number of anilines is 1. The van der Waals surface area contributed by atoms with Crippen molar-refractivity contribution < 1.29 is 8.42 Å². The van der Waals surface area contributed by atoms with Gasteiger partial charge in [-0.3, -0.25) is 0 Å². The van der Waals surface area contributed by atoms with Crippen molar-refractivity contribution in [3.05, 3.63) is 22.7 Å². The summed E-state index contributed by atoms with van der Waals surface area (Å²) in [5, 5.41) is 0. The number of nitrogen functional groups attached to an aromatic ring is 1. The zero-order valence-electron chi connectivity index (χ0n) is 11.7. The lowest BCUT2D eigenvalue weighted by Crippen LogP contribution is -2.44. The van der Waals surface area contributed by atoms with Gasteiger partial charge in [0.2, 0.25) is 10.0 Å². The zero-order valence-corrected chi connectivity index (χ0v) is 14.1. The van der Waals surface area contributed by atoms with E-state index in [2.05, 4.69) is 27.9 Å². The molecule has 20 heavy (non-hydrogen) atoms. The van der Waals surface area contributed by atoms with Gasteiger partial charge in [0.25, 0.3) is 0 Å². The number of nitrogens with two attached hydrogens (primary N) is 1. The molecule has 1 aromatic rings. The first kappa shape index (κ1) is 15.8. The van der Waals surface area contributed by atoms with Crippen molar-refractivity contribution in [1.29, 1.82) is 0 Å². The topological polar surface area (TPSA) is 66.6 Å². The lowest BCUT2D eigenvalue weighted by molar-refractivity contribution is 0.197. The van der Waals surface area contributed by atoms with Gasteiger partial charge in [-0.1, -0.05) is 0 Å². The summed E-state index contributed by atoms with van der Waals surface area (Å²) in [6, 6.07) is 4.90. The summed E-state index contributed by atoms with van der Waals surface area (Å²) >= 11 is 3.30. The lowest BCUT2D eigenvalue weighted by Gasteiger charge is -2.34. The molecule has 0 amide bonds. The van der Waals surface area contributed by atoms with E-state index < -0.39 is 10.0 Å². The molecule has 1 fully saturated rings. The number of benzene rings is 1. The van der Waals surface area contributed by atoms with Crippen LogP contribution in [-0.2, 0) is 10.0 Å². The maximum atomic E-state index is 12.7. The van der Waals surface area contributed by atoms with Crippen molar-refractivity contribution in [2.45, 2.75) is 23.8 Å². The van der Waals surface area contributed by atoms with Crippen LogP contribution < -0.4 is 5.73 Å². The molecule has 1 aliphatic heterocycles. The average Bonchev–Trinajstić information content (AvgIpc) is 2.41. The smallest absolute Gasteiger partial charge is 0.244 e. The number of halogens is 1. The predicted molar refractivity (Wildman–Crippen MR) is 84.0 cm³/mol. The van der Waals surface area contributed by atoms with Crippen LogP contribution in [0.4, 0.5) is 5.69 Å². The van der Waals surface area contributed by atoms with E-state index in [4.69, 9.17) is 5.73 Å². The Labute approximate surface area is 128 Å². The minimum absolute atomic E-state index is 0.0459. The highest BCUT2D eigenvalue weighted by Gasteiger charge is 2.31. The Morgan fingerprint density at radius 3 is 2.55 bits per heavy atom. The van der Waals surface area contributed by atoms with Gasteiger partial charge in [0.1, 0.15) is 0 Å². The molecule has 0 aliphatic carbocycles. The number of nitrogens with zero attached hydrogens (tertiary/aromatic N) is 2. The predicted octanol–water partition coefficient (Wildman–Crippen LogP) is 1.75. The third kappa shape index (κ3) is 3.16. The maximum absolute atomic E-state index is 12.7. The second-order valence-corrected chi connectivity index (χ2v) is 8.07. The number of piperidine rings is 1. The van der Waals surface area contributed by atoms with Gasteiger partial charge in [-0.05, 0) is 67.1 Å². The largest absolute Gasteiger partial charge is 0.399 e. The Hall–Kier alpha value is -0.630. The Morgan fingerprint density at radius 1 is 1.35 bits per heavy atom. The second kappa shape index (κ2) is 6.01. The van der Waals surface area contributed by atoms with E-state index in [1.165, 1.54) is 10.4 Å². The molecule has 2 N–H and O–H groups in total. The van der Waals surface area contributed by atoms with Crippen LogP contribution in [0.2, 0.25) is 0 Å². The number of hydrogen-bond donors (Lipinski definition) is 1. The highest BCUT2D eigenvalue weighted by atomic mass is 79.9. The van der Waals surface area contributed by atoms with Gasteiger partial charge in [-0.2, -0.15) is 4.31 Å². The Morgan fingerprint density at radius 2 is 1.95 bits per heavy atom. The fourth-order valence-corrected chi connectivity index (χ4v) is 4.80. The minimum Gasteiger partial charge on any atom is -0.399 e. The fraction of sp³-hybridized carbons (Fsp3) is 0.538. The highest BCUT2D eigenvalue weighted by Crippen LogP contribution is 2.29. The Bertz CT molecular complexity index is 583. The van der Waals surface area contributed by atoms with Crippen LogP contribution in [0.3, 0.4) is 0 Å². The van der Waals surface area contributed by atoms with Crippen molar-refractivity contribution in [2.75, 3.05) is 32.9 Å². The molecular weight excluding hydrogens is 342 g/mol. The van der Waals surface area contributed by atoms with Crippen molar-refractivity contribution in [3.8, 4) is 0 Å². The van der Waals surface area contributed by atoms with E-state index >= 15 is 0 Å². The van der Waals surface area contributed by atoms with Gasteiger partial charge in [0.05, 0.1) is 4.90 Å². The number of sulfonamides is 1. The van der Waals surface area contributed by atoms with Crippen molar-refractivity contribution >= 4 is 31.6 Å². The molecule has 5 nitrogen and oxygen atoms in total. The van der Waals surface area contributed by atoms with Gasteiger partial charge >= 0.3 is 0 Å². The zero-order chi connectivity index (χ0) is 14.9. The Kier molecular flexibility index (Phi) is 4.73. The summed E-state index contributed by atoms with van der Waals surface area (Å²) < 4.78 is 27.5. The van der Waals surface area contributed by atoms with Crippen LogP contribution in [0.15, 0.2) is 27.6 Å². The molecule has 0 spiro atoms. The molecular formula is C13H20BrN3O2S. The molecule has 0 aromatic heterocycles. The van der Waals surface area contributed by atoms with Crippen LogP contribution in [0.25, 0.3) is 0 Å². The number of hydrogen-bond acceptors (Lipinski definition) is 4. The molecule has 0 bridgehead atoms. The van der Waals surface area contributed by atoms with E-state index in [-0.39, 0.29) is 10.9 Å². The molecule has 1 aromatic carbocycles. The van der Waals surface area contributed by atoms with E-state index in [9.17, 15) is 8.42 Å². The highest BCUT2D eigenvalue weighted by molar-refractivity contribution is 9.10. The summed E-state index contributed by atoms with van der Waals surface area (Å²) in [4.78, 5) is 2.45. The van der Waals surface area contributed by atoms with Gasteiger partial charge in [0.15, 0.2) is 0 Å². The molecule has 7 heteroatoms. The first-order chi connectivity index (χ1) is 9.32. The molecule has 0 atom stereocenters. The lowest BCUT2D eigenvalue weighted by atomic mass is 10.1. The SMILES string of the molecule is CN1CCC(N(C)S(=O)(=O)c2cc(N)ccc2Br)CC1. The van der Waals surface area contributed by atoms with Crippen molar-refractivity contribution in [2.24, 2.45) is 0 Å². The fourth-order valence-electron chi connectivity index (χ4n) is 2.43. The van der Waals surface area contributed by atoms with E-state index in [0.29, 0.717) is 10.2 Å². The normalized spacial score (nSPS) is 18.6. The van der Waals surface area contributed by atoms with E-state index in [1.54, 1.807) is 19.2 Å². The minimum atomic E-state index is -3.52. The molecule has 1 aliphatic rings. The summed E-state index contributed by atoms with van der Waals surface area (Å²) in [5.41, 5.74) is 6.16. The van der Waals surface area contributed by atoms with Gasteiger partial charge in [-0.15, -0.1) is 0 Å². The second-order valence-electron chi connectivity index (χ2n) is 5.25. The summed E-state index contributed by atoms with van der Waals surface area (Å²) in [6.07, 6.45) is 1.71. The summed E-state index contributed by atoms with van der Waals surface area (Å²) in [7, 11) is 0.187. The molecule has 0 saturated carbocycles. The summed E-state index contributed by atoms with van der Waals surface area (Å²) in [5.74, 6) is 0. The first-order valence-corrected chi connectivity index (χ1v) is 8.77. The first-order valence-electron chi connectivity index (χ1n) is 6.54. The molecule has 1 heterocycles. The number of rotatable bonds is 3. The average molecular weight is 362 g/mol. The standard InChI is InChI=1S/C13H20BrN3O2S/c1-16-7-5-11(6-8-16)17(2)20(18,19)13-9-10(15)3-4-12(13)14/h3-4,9,11H,5-8,15H2,1-2H3. The van der Waals surface area contributed by atoms with Gasteiger partial charge in [0, 0.05) is 23.2 Å². The van der Waals surface area contributed by atoms with Gasteiger partial charge in [-0.25, -0.2) is 8.42 Å². The van der Waals surface area contributed by atoms with E-state index in [1.807, 2.05) is 0 Å². The molecule has 2 rings (SSSR count). The van der Waals surface area contributed by atoms with Crippen LogP contribution in [0.5, 0.6) is 0 Å². The van der Waals surface area contributed by atoms with E-state index in [0.717, 1.165) is 25.9 Å². The van der Waals surface area contributed by atoms with Crippen LogP contribution >= 0.6 is 15.9 Å². The van der Waals surface area contributed by atoms with Crippen LogP contribution in [0.1, 0.15) is 12.8 Å². The van der Waals surface area contributed by atoms with Crippen LogP contribution in [-0.4, -0.2) is 50.8 Å². The molecule has 1 saturated heterocycles. The summed E-state index contributed by atoms with van der Waals surface area (Å²) in [6.45, 7) is 1.84. The quantitative estimate of drug-likeness (QED) is 0.832. The maximum Gasteiger partial charge on any atom is 0.244 e.